The number of phenolic OH excluding ortho intramolecular Hbond substituents is 1. The van der Waals surface area contributed by atoms with Crippen molar-refractivity contribution in [2.45, 2.75) is 32.2 Å². The summed E-state index contributed by atoms with van der Waals surface area (Å²) in [5.74, 6) is 0.244. The van der Waals surface area contributed by atoms with Crippen LogP contribution in [0.1, 0.15) is 36.4 Å². The van der Waals surface area contributed by atoms with Gasteiger partial charge in [0.15, 0.2) is 0 Å². The van der Waals surface area contributed by atoms with Crippen molar-refractivity contribution in [2.75, 3.05) is 0 Å². The number of aryl methyl sites for hydroxylation is 1. The molecule has 0 bridgehead atoms. The predicted molar refractivity (Wildman–Crippen MR) is 64.3 cm³/mol. The van der Waals surface area contributed by atoms with Crippen molar-refractivity contribution in [1.82, 2.24) is 0 Å². The second-order valence-corrected chi connectivity index (χ2v) is 4.41. The molecule has 4 heteroatoms. The van der Waals surface area contributed by atoms with Gasteiger partial charge in [-0.15, -0.1) is 12.4 Å². The third-order valence-electron chi connectivity index (χ3n) is 3.02. The topological polar surface area (TPSA) is 46.2 Å². The summed E-state index contributed by atoms with van der Waals surface area (Å²) < 4.78 is 13.5. The van der Waals surface area contributed by atoms with Crippen LogP contribution in [0.2, 0.25) is 0 Å². The van der Waals surface area contributed by atoms with Crippen LogP contribution in [0.4, 0.5) is 4.39 Å². The molecule has 0 aromatic heterocycles. The molecule has 2 rings (SSSR count). The lowest BCUT2D eigenvalue weighted by Gasteiger charge is -2.15. The fourth-order valence-corrected chi connectivity index (χ4v) is 1.88. The van der Waals surface area contributed by atoms with Gasteiger partial charge in [0.25, 0.3) is 0 Å². The van der Waals surface area contributed by atoms with E-state index in [1.165, 1.54) is 18.9 Å². The molecule has 0 heterocycles. The Bertz CT molecular complexity index is 380. The lowest BCUT2D eigenvalue weighted by Crippen LogP contribution is -2.13. The van der Waals surface area contributed by atoms with Crippen LogP contribution in [0.25, 0.3) is 0 Å². The first-order chi connectivity index (χ1) is 7.09. The van der Waals surface area contributed by atoms with Gasteiger partial charge in [0.2, 0.25) is 0 Å². The summed E-state index contributed by atoms with van der Waals surface area (Å²) in [6.07, 6.45) is 3.14. The molecule has 1 aliphatic rings. The number of phenols is 1. The summed E-state index contributed by atoms with van der Waals surface area (Å²) in [5, 5.41) is 9.76. The van der Waals surface area contributed by atoms with Gasteiger partial charge in [-0.2, -0.15) is 0 Å². The van der Waals surface area contributed by atoms with Crippen LogP contribution in [-0.4, -0.2) is 5.11 Å². The third kappa shape index (κ3) is 2.66. The highest BCUT2D eigenvalue weighted by Gasteiger charge is 2.27. The number of rotatable bonds is 3. The molecule has 0 spiro atoms. The Hall–Kier alpha value is -0.800. The van der Waals surface area contributed by atoms with Crippen molar-refractivity contribution in [3.05, 3.63) is 29.1 Å². The van der Waals surface area contributed by atoms with Crippen molar-refractivity contribution in [2.24, 2.45) is 11.7 Å². The fourth-order valence-electron chi connectivity index (χ4n) is 1.88. The van der Waals surface area contributed by atoms with Gasteiger partial charge in [-0.05, 0) is 30.9 Å². The standard InChI is InChI=1S/C12H16FNO.ClH/c1-7-2-5-9(13)11(12(7)15)10(14)6-8-3-4-8;/h2,5,8,10,15H,3-4,6,14H2,1H3;1H/t10-;/m0./s1. The van der Waals surface area contributed by atoms with Crippen LogP contribution in [0.5, 0.6) is 5.75 Å². The number of nitrogens with two attached hydrogens (primary N) is 1. The van der Waals surface area contributed by atoms with Gasteiger partial charge in [0.05, 0.1) is 0 Å². The lowest BCUT2D eigenvalue weighted by atomic mass is 9.98. The van der Waals surface area contributed by atoms with Crippen LogP contribution in [0.15, 0.2) is 12.1 Å². The summed E-state index contributed by atoms with van der Waals surface area (Å²) in [6.45, 7) is 1.75. The second-order valence-electron chi connectivity index (χ2n) is 4.41. The van der Waals surface area contributed by atoms with Crippen molar-refractivity contribution >= 4 is 12.4 Å². The van der Waals surface area contributed by atoms with E-state index in [9.17, 15) is 9.50 Å². The molecule has 1 aromatic rings. The minimum absolute atomic E-state index is 0. The quantitative estimate of drug-likeness (QED) is 0.860. The van der Waals surface area contributed by atoms with Gasteiger partial charge in [-0.3, -0.25) is 0 Å². The summed E-state index contributed by atoms with van der Waals surface area (Å²) in [4.78, 5) is 0. The minimum atomic E-state index is -0.397. The van der Waals surface area contributed by atoms with Crippen LogP contribution >= 0.6 is 12.4 Å². The normalized spacial score (nSPS) is 16.7. The van der Waals surface area contributed by atoms with Crippen molar-refractivity contribution < 1.29 is 9.50 Å². The van der Waals surface area contributed by atoms with E-state index in [1.54, 1.807) is 13.0 Å². The molecule has 0 unspecified atom stereocenters. The number of hydrogen-bond donors (Lipinski definition) is 2. The molecule has 1 atom stereocenters. The van der Waals surface area contributed by atoms with E-state index >= 15 is 0 Å². The Morgan fingerprint density at radius 1 is 1.50 bits per heavy atom. The molecule has 1 aromatic carbocycles. The monoisotopic (exact) mass is 245 g/mol. The smallest absolute Gasteiger partial charge is 0.131 e. The molecular formula is C12H17ClFNO. The average Bonchev–Trinajstić information content (AvgIpc) is 2.96. The zero-order valence-electron chi connectivity index (χ0n) is 9.24. The molecule has 1 fully saturated rings. The van der Waals surface area contributed by atoms with Gasteiger partial charge in [0.1, 0.15) is 11.6 Å². The van der Waals surface area contributed by atoms with Gasteiger partial charge in [-0.1, -0.05) is 18.9 Å². The van der Waals surface area contributed by atoms with Gasteiger partial charge in [0, 0.05) is 11.6 Å². The first-order valence-electron chi connectivity index (χ1n) is 5.33. The highest BCUT2D eigenvalue weighted by Crippen LogP contribution is 2.39. The van der Waals surface area contributed by atoms with Crippen molar-refractivity contribution in [3.63, 3.8) is 0 Å². The van der Waals surface area contributed by atoms with Crippen LogP contribution in [0, 0.1) is 18.7 Å². The summed E-state index contributed by atoms with van der Waals surface area (Å²) in [6, 6.07) is 2.56. The Morgan fingerprint density at radius 2 is 2.12 bits per heavy atom. The summed E-state index contributed by atoms with van der Waals surface area (Å²) in [7, 11) is 0. The number of aromatic hydroxyl groups is 1. The van der Waals surface area contributed by atoms with E-state index in [0.29, 0.717) is 11.5 Å². The molecule has 2 nitrogen and oxygen atoms in total. The van der Waals surface area contributed by atoms with Crippen LogP contribution in [0.3, 0.4) is 0 Å². The molecule has 16 heavy (non-hydrogen) atoms. The predicted octanol–water partition coefficient (Wildman–Crippen LogP) is 3.06. The molecule has 90 valence electrons. The maximum Gasteiger partial charge on any atom is 0.131 e. The maximum absolute atomic E-state index is 13.5. The van der Waals surface area contributed by atoms with E-state index in [2.05, 4.69) is 0 Å². The van der Waals surface area contributed by atoms with E-state index < -0.39 is 5.82 Å². The van der Waals surface area contributed by atoms with Crippen molar-refractivity contribution in [1.29, 1.82) is 0 Å². The molecule has 3 N–H and O–H groups in total. The molecule has 1 saturated carbocycles. The second kappa shape index (κ2) is 5.02. The van der Waals surface area contributed by atoms with E-state index in [-0.39, 0.29) is 29.8 Å². The van der Waals surface area contributed by atoms with E-state index in [1.807, 2.05) is 0 Å². The summed E-state index contributed by atoms with van der Waals surface area (Å²) >= 11 is 0. The molecule has 0 saturated heterocycles. The number of halogens is 2. The molecular weight excluding hydrogens is 229 g/mol. The lowest BCUT2D eigenvalue weighted by molar-refractivity contribution is 0.437. The highest BCUT2D eigenvalue weighted by molar-refractivity contribution is 5.85. The van der Waals surface area contributed by atoms with E-state index in [4.69, 9.17) is 5.73 Å². The van der Waals surface area contributed by atoms with Gasteiger partial charge < -0.3 is 10.8 Å². The highest BCUT2D eigenvalue weighted by atomic mass is 35.5. The minimum Gasteiger partial charge on any atom is -0.507 e. The Balaban J connectivity index is 0.00000128. The molecule has 0 aliphatic heterocycles. The molecule has 1 aliphatic carbocycles. The van der Waals surface area contributed by atoms with Crippen LogP contribution < -0.4 is 5.73 Å². The SMILES string of the molecule is Cc1ccc(F)c([C@@H](N)CC2CC2)c1O.Cl. The Morgan fingerprint density at radius 3 is 2.69 bits per heavy atom. The average molecular weight is 246 g/mol. The molecule has 0 radical (unpaired) electrons. The van der Waals surface area contributed by atoms with Gasteiger partial charge >= 0.3 is 0 Å². The maximum atomic E-state index is 13.5. The zero-order chi connectivity index (χ0) is 11.0. The number of benzene rings is 1. The largest absolute Gasteiger partial charge is 0.507 e. The van der Waals surface area contributed by atoms with E-state index in [0.717, 1.165) is 6.42 Å². The van der Waals surface area contributed by atoms with Gasteiger partial charge in [-0.25, -0.2) is 4.39 Å². The first-order valence-corrected chi connectivity index (χ1v) is 5.33. The van der Waals surface area contributed by atoms with Crippen LogP contribution in [-0.2, 0) is 0 Å². The zero-order valence-corrected chi connectivity index (χ0v) is 10.1. The first kappa shape index (κ1) is 13.3. The molecule has 0 amide bonds. The van der Waals surface area contributed by atoms with Crippen molar-refractivity contribution in [3.8, 4) is 5.75 Å². The third-order valence-corrected chi connectivity index (χ3v) is 3.02. The Labute approximate surface area is 101 Å². The fraction of sp³-hybridized carbons (Fsp3) is 0.500. The number of hydrogen-bond acceptors (Lipinski definition) is 2. The Kier molecular flexibility index (Phi) is 4.16. The summed E-state index contributed by atoms with van der Waals surface area (Å²) in [5.41, 5.74) is 6.86.